The quantitative estimate of drug-likeness (QED) is 0.114. The number of esters is 4. The Balaban J connectivity index is 1.39. The number of epoxide rings is 1. The van der Waals surface area contributed by atoms with Crippen LogP contribution in [-0.2, 0) is 52.3 Å². The van der Waals surface area contributed by atoms with Gasteiger partial charge in [-0.05, 0) is 84.6 Å². The van der Waals surface area contributed by atoms with Crippen LogP contribution >= 0.6 is 0 Å². The molecule has 2 saturated heterocycles. The second-order valence-electron chi connectivity index (χ2n) is 20.0. The van der Waals surface area contributed by atoms with Gasteiger partial charge in [0.05, 0.1) is 47.2 Å². The first-order chi connectivity index (χ1) is 28.7. The van der Waals surface area contributed by atoms with Crippen LogP contribution in [0.5, 0.6) is 0 Å². The molecule has 1 aromatic carbocycles. The summed E-state index contributed by atoms with van der Waals surface area (Å²) >= 11 is 0. The van der Waals surface area contributed by atoms with Gasteiger partial charge in [0.25, 0.3) is 0 Å². The van der Waals surface area contributed by atoms with Crippen molar-refractivity contribution in [2.24, 2.45) is 22.7 Å². The molecule has 340 valence electrons. The Kier molecular flexibility index (Phi) is 11.3. The molecule has 2 heterocycles. The SMILES string of the molecule is CC(=O)O[C@@]12CO[C@@H]1C[C@H](O)[C@@]1(C)C(=O)[C@H](OC(=O)C3CC3)C3=C(C)[C@@H](OC(=O)[C@H](O)[C@@H](NC(=O)OC(C)(C)C)[C@@H]4OC4(C)C)C[C@@](O)(C(OC(=O)c4ccccc4)C12)C3(C)C. The van der Waals surface area contributed by atoms with E-state index in [9.17, 15) is 39.3 Å². The summed E-state index contributed by atoms with van der Waals surface area (Å²) in [6, 6.07) is 6.49. The number of alkyl carbamates (subject to hydrolysis) is 1. The van der Waals surface area contributed by atoms with Gasteiger partial charge in [0, 0.05) is 25.2 Å². The van der Waals surface area contributed by atoms with Gasteiger partial charge in [0.15, 0.2) is 23.6 Å². The van der Waals surface area contributed by atoms with E-state index in [1.807, 2.05) is 0 Å². The smallest absolute Gasteiger partial charge is 0.408 e. The second kappa shape index (κ2) is 15.4. The molecule has 17 heteroatoms. The molecule has 12 atom stereocenters. The standard InChI is InChI=1S/C45H59NO16/c1-21-25(57-38(53)30(49)29(34-42(8,9)61-34)46-39(54)62-40(3,4)5)19-45(55)35(59-37(52)23-14-12-11-13-15-23)32-43(10,26(48)18-27-44(32,20-56-27)60-22(2)47)33(50)31(28(21)41(45,6)7)58-36(51)24-16-17-24/h11-15,24-27,29-32,34-35,48-49,55H,16-20H2,1-10H3,(H,46,54)/t25-,26-,27+,29+,30+,31+,32?,34-,35?,43+,44-,45+/m0/s1. The number of amides is 1. The third kappa shape index (κ3) is 7.60. The van der Waals surface area contributed by atoms with E-state index >= 15 is 4.79 Å². The highest BCUT2D eigenvalue weighted by Gasteiger charge is 2.78. The zero-order valence-electron chi connectivity index (χ0n) is 36.8. The molecule has 2 aliphatic heterocycles. The molecule has 7 rings (SSSR count). The molecule has 0 aromatic heterocycles. The minimum Gasteiger partial charge on any atom is -0.456 e. The zero-order chi connectivity index (χ0) is 45.7. The van der Waals surface area contributed by atoms with Crippen LogP contribution in [0.25, 0.3) is 0 Å². The Labute approximate surface area is 360 Å². The Morgan fingerprint density at radius 3 is 2.13 bits per heavy atom. The van der Waals surface area contributed by atoms with Crippen molar-refractivity contribution >= 4 is 35.8 Å². The zero-order valence-corrected chi connectivity index (χ0v) is 36.8. The molecule has 1 aromatic rings. The molecule has 0 radical (unpaired) electrons. The molecule has 3 saturated carbocycles. The Morgan fingerprint density at radius 2 is 1.60 bits per heavy atom. The number of nitrogens with one attached hydrogen (secondary N) is 1. The van der Waals surface area contributed by atoms with Gasteiger partial charge in [-0.3, -0.25) is 14.4 Å². The van der Waals surface area contributed by atoms with Gasteiger partial charge < -0.3 is 53.8 Å². The fourth-order valence-electron chi connectivity index (χ4n) is 10.3. The molecule has 6 aliphatic rings. The first-order valence-electron chi connectivity index (χ1n) is 21.2. The normalized spacial score (nSPS) is 36.4. The number of benzene rings is 1. The van der Waals surface area contributed by atoms with Gasteiger partial charge in [-0.1, -0.05) is 32.0 Å². The van der Waals surface area contributed by atoms with Crippen molar-refractivity contribution in [2.75, 3.05) is 6.61 Å². The fourth-order valence-corrected chi connectivity index (χ4v) is 10.3. The van der Waals surface area contributed by atoms with Crippen LogP contribution in [0.4, 0.5) is 4.79 Å². The van der Waals surface area contributed by atoms with E-state index in [0.29, 0.717) is 12.8 Å². The predicted octanol–water partition coefficient (Wildman–Crippen LogP) is 3.03. The summed E-state index contributed by atoms with van der Waals surface area (Å²) in [5.74, 6) is -6.54. The molecular weight excluding hydrogens is 810 g/mol. The summed E-state index contributed by atoms with van der Waals surface area (Å²) in [6.45, 7) is 15.3. The molecule has 0 spiro atoms. The molecule has 62 heavy (non-hydrogen) atoms. The minimum atomic E-state index is -2.39. The van der Waals surface area contributed by atoms with Crippen LogP contribution in [0.15, 0.2) is 41.5 Å². The van der Waals surface area contributed by atoms with Gasteiger partial charge in [0.1, 0.15) is 35.6 Å². The van der Waals surface area contributed by atoms with E-state index in [4.69, 9.17) is 33.2 Å². The average Bonchev–Trinajstić information content (AvgIpc) is 4.11. The van der Waals surface area contributed by atoms with E-state index in [1.54, 1.807) is 66.7 Å². The maximum atomic E-state index is 15.7. The van der Waals surface area contributed by atoms with Gasteiger partial charge in [0.2, 0.25) is 0 Å². The van der Waals surface area contributed by atoms with Crippen molar-refractivity contribution in [3.05, 3.63) is 47.0 Å². The average molecular weight is 870 g/mol. The van der Waals surface area contributed by atoms with Crippen LogP contribution in [-0.4, -0.2) is 129 Å². The lowest BCUT2D eigenvalue weighted by Gasteiger charge is -2.67. The molecule has 5 fully saturated rings. The number of hydrogen-bond acceptors (Lipinski definition) is 16. The van der Waals surface area contributed by atoms with Gasteiger partial charge in [-0.2, -0.15) is 0 Å². The number of Topliss-reactive ketones (excluding diaryl/α,β-unsaturated/α-hetero) is 1. The Morgan fingerprint density at radius 1 is 0.968 bits per heavy atom. The van der Waals surface area contributed by atoms with Crippen molar-refractivity contribution in [1.82, 2.24) is 5.32 Å². The van der Waals surface area contributed by atoms with Crippen molar-refractivity contribution in [3.8, 4) is 0 Å². The van der Waals surface area contributed by atoms with Crippen LogP contribution in [0.1, 0.15) is 105 Å². The number of carbonyl (C=O) groups excluding carboxylic acids is 6. The minimum absolute atomic E-state index is 0.0220. The molecule has 1 amide bonds. The monoisotopic (exact) mass is 869 g/mol. The first-order valence-corrected chi connectivity index (χ1v) is 21.2. The van der Waals surface area contributed by atoms with Crippen molar-refractivity contribution in [3.63, 3.8) is 0 Å². The summed E-state index contributed by atoms with van der Waals surface area (Å²) in [5.41, 5.74) is -9.37. The van der Waals surface area contributed by atoms with E-state index in [-0.39, 0.29) is 29.7 Å². The lowest BCUT2D eigenvalue weighted by molar-refractivity contribution is -0.346. The number of carbonyl (C=O) groups is 6. The summed E-state index contributed by atoms with van der Waals surface area (Å²) < 4.78 is 41.8. The highest BCUT2D eigenvalue weighted by Crippen LogP contribution is 2.64. The summed E-state index contributed by atoms with van der Waals surface area (Å²) in [6.07, 6.45) is -11.3. The summed E-state index contributed by atoms with van der Waals surface area (Å²) in [4.78, 5) is 83.9. The first kappa shape index (κ1) is 45.6. The third-order valence-corrected chi connectivity index (χ3v) is 14.0. The molecule has 4 aliphatic carbocycles. The third-order valence-electron chi connectivity index (χ3n) is 14.0. The second-order valence-corrected chi connectivity index (χ2v) is 20.0. The molecule has 2 unspecified atom stereocenters. The van der Waals surface area contributed by atoms with E-state index in [0.717, 1.165) is 6.92 Å². The summed E-state index contributed by atoms with van der Waals surface area (Å²) in [7, 11) is 0. The number of ketones is 1. The van der Waals surface area contributed by atoms with Crippen molar-refractivity contribution in [1.29, 1.82) is 0 Å². The van der Waals surface area contributed by atoms with E-state index < -0.39 is 136 Å². The maximum Gasteiger partial charge on any atom is 0.408 e. The summed E-state index contributed by atoms with van der Waals surface area (Å²) in [5, 5.41) is 40.1. The van der Waals surface area contributed by atoms with Crippen LogP contribution in [0, 0.1) is 22.7 Å². The van der Waals surface area contributed by atoms with Gasteiger partial charge in [-0.25, -0.2) is 14.4 Å². The Bertz CT molecular complexity index is 2050. The largest absolute Gasteiger partial charge is 0.456 e. The number of fused-ring (bicyclic) bond motifs is 5. The fraction of sp³-hybridized carbons (Fsp3) is 0.689. The highest BCUT2D eigenvalue weighted by molar-refractivity contribution is 5.96. The predicted molar refractivity (Wildman–Crippen MR) is 214 cm³/mol. The molecular formula is C45H59NO16. The lowest BCUT2D eigenvalue weighted by atomic mass is 9.44. The van der Waals surface area contributed by atoms with Crippen molar-refractivity contribution < 1.29 is 77.2 Å². The number of rotatable bonds is 10. The van der Waals surface area contributed by atoms with Crippen molar-refractivity contribution in [2.45, 2.75) is 166 Å². The number of aliphatic hydroxyl groups is 3. The molecule has 17 nitrogen and oxygen atoms in total. The number of aliphatic hydroxyl groups excluding tert-OH is 2. The van der Waals surface area contributed by atoms with Crippen LogP contribution in [0.2, 0.25) is 0 Å². The van der Waals surface area contributed by atoms with Gasteiger partial charge in [-0.15, -0.1) is 0 Å². The van der Waals surface area contributed by atoms with E-state index in [1.165, 1.54) is 26.0 Å². The molecule has 2 bridgehead atoms. The van der Waals surface area contributed by atoms with Crippen LogP contribution in [0.3, 0.4) is 0 Å². The topological polar surface area (TPSA) is 243 Å². The highest BCUT2D eigenvalue weighted by atomic mass is 16.6. The van der Waals surface area contributed by atoms with E-state index in [2.05, 4.69) is 5.32 Å². The lowest BCUT2D eigenvalue weighted by Crippen LogP contribution is -2.82. The number of hydrogen-bond donors (Lipinski definition) is 4. The number of ether oxygens (including phenoxy) is 7. The van der Waals surface area contributed by atoms with Crippen LogP contribution < -0.4 is 5.32 Å². The molecule has 4 N–H and O–H groups in total. The maximum absolute atomic E-state index is 15.7. The Hall–Kier alpha value is -4.42. The van der Waals surface area contributed by atoms with Gasteiger partial charge >= 0.3 is 30.0 Å².